The first kappa shape index (κ1) is 9.84. The molecule has 13 heavy (non-hydrogen) atoms. The van der Waals surface area contributed by atoms with Crippen LogP contribution in [-0.4, -0.2) is 17.6 Å². The van der Waals surface area contributed by atoms with Gasteiger partial charge in [-0.2, -0.15) is 0 Å². The molecule has 0 unspecified atom stereocenters. The molecule has 1 aromatic heterocycles. The van der Waals surface area contributed by atoms with E-state index in [9.17, 15) is 4.79 Å². The van der Waals surface area contributed by atoms with Crippen LogP contribution in [0.2, 0.25) is 0 Å². The lowest BCUT2D eigenvalue weighted by Gasteiger charge is -2.00. The molecule has 1 aromatic rings. The number of esters is 1. The quantitative estimate of drug-likeness (QED) is 0.725. The van der Waals surface area contributed by atoms with Crippen LogP contribution in [0.4, 0.5) is 0 Å². The molecule has 3 nitrogen and oxygen atoms in total. The standard InChI is InChI=1S/C10H15NO2/c1-4-8-6-11-9(7(8)3)10(12)13-5-2/h6,11H,4-5H2,1-3H3. The van der Waals surface area contributed by atoms with Crippen molar-refractivity contribution in [3.63, 3.8) is 0 Å². The number of carbonyl (C=O) groups is 1. The molecule has 0 aliphatic heterocycles. The van der Waals surface area contributed by atoms with E-state index in [4.69, 9.17) is 4.74 Å². The Morgan fingerprint density at radius 1 is 1.54 bits per heavy atom. The highest BCUT2D eigenvalue weighted by atomic mass is 16.5. The van der Waals surface area contributed by atoms with Crippen LogP contribution < -0.4 is 0 Å². The Morgan fingerprint density at radius 2 is 2.23 bits per heavy atom. The third-order valence-electron chi connectivity index (χ3n) is 2.11. The molecule has 0 saturated carbocycles. The van der Waals surface area contributed by atoms with E-state index in [-0.39, 0.29) is 5.97 Å². The highest BCUT2D eigenvalue weighted by Crippen LogP contribution is 2.14. The normalized spacial score (nSPS) is 10.1. The van der Waals surface area contributed by atoms with Crippen molar-refractivity contribution in [2.75, 3.05) is 6.61 Å². The van der Waals surface area contributed by atoms with Gasteiger partial charge in [-0.25, -0.2) is 4.79 Å². The van der Waals surface area contributed by atoms with Crippen LogP contribution in [0.3, 0.4) is 0 Å². The molecule has 0 spiro atoms. The van der Waals surface area contributed by atoms with Crippen LogP contribution in [0.25, 0.3) is 0 Å². The van der Waals surface area contributed by atoms with Crippen molar-refractivity contribution in [3.05, 3.63) is 23.0 Å². The van der Waals surface area contributed by atoms with Gasteiger partial charge in [-0.15, -0.1) is 0 Å². The lowest BCUT2D eigenvalue weighted by molar-refractivity contribution is 0.0519. The average Bonchev–Trinajstić information content (AvgIpc) is 2.47. The second-order valence-corrected chi connectivity index (χ2v) is 2.89. The van der Waals surface area contributed by atoms with Crippen molar-refractivity contribution < 1.29 is 9.53 Å². The maximum Gasteiger partial charge on any atom is 0.355 e. The molecule has 1 rings (SSSR count). The number of aromatic amines is 1. The van der Waals surface area contributed by atoms with Gasteiger partial charge in [0.05, 0.1) is 6.61 Å². The molecule has 0 fully saturated rings. The van der Waals surface area contributed by atoms with Gasteiger partial charge in [-0.05, 0) is 31.4 Å². The Balaban J connectivity index is 2.89. The molecule has 1 N–H and O–H groups in total. The summed E-state index contributed by atoms with van der Waals surface area (Å²) in [6.07, 6.45) is 2.79. The summed E-state index contributed by atoms with van der Waals surface area (Å²) in [5, 5.41) is 0. The molecule has 0 radical (unpaired) electrons. The Hall–Kier alpha value is -1.25. The molecule has 3 heteroatoms. The van der Waals surface area contributed by atoms with Crippen LogP contribution in [-0.2, 0) is 11.2 Å². The largest absolute Gasteiger partial charge is 0.461 e. The van der Waals surface area contributed by atoms with E-state index in [1.54, 1.807) is 6.92 Å². The summed E-state index contributed by atoms with van der Waals surface area (Å²) in [5.74, 6) is -0.264. The molecule has 0 aromatic carbocycles. The summed E-state index contributed by atoms with van der Waals surface area (Å²) < 4.78 is 4.90. The third kappa shape index (κ3) is 1.91. The number of ether oxygens (including phenoxy) is 1. The van der Waals surface area contributed by atoms with Gasteiger partial charge in [0, 0.05) is 6.20 Å². The minimum atomic E-state index is -0.264. The summed E-state index contributed by atoms with van der Waals surface area (Å²) in [4.78, 5) is 14.3. The third-order valence-corrected chi connectivity index (χ3v) is 2.11. The average molecular weight is 181 g/mol. The smallest absolute Gasteiger partial charge is 0.355 e. The van der Waals surface area contributed by atoms with Crippen LogP contribution >= 0.6 is 0 Å². The topological polar surface area (TPSA) is 42.1 Å². The fourth-order valence-electron chi connectivity index (χ4n) is 1.32. The van der Waals surface area contributed by atoms with Crippen molar-refractivity contribution in [2.24, 2.45) is 0 Å². The number of carbonyl (C=O) groups excluding carboxylic acids is 1. The summed E-state index contributed by atoms with van der Waals surface area (Å²) in [5.41, 5.74) is 2.75. The van der Waals surface area contributed by atoms with E-state index in [2.05, 4.69) is 11.9 Å². The number of rotatable bonds is 3. The maximum absolute atomic E-state index is 11.3. The Kier molecular flexibility index (Phi) is 3.12. The first-order valence-electron chi connectivity index (χ1n) is 4.54. The second-order valence-electron chi connectivity index (χ2n) is 2.89. The Morgan fingerprint density at radius 3 is 2.69 bits per heavy atom. The molecule has 0 aliphatic carbocycles. The maximum atomic E-state index is 11.3. The van der Waals surface area contributed by atoms with Crippen molar-refractivity contribution in [3.8, 4) is 0 Å². The predicted molar refractivity (Wildman–Crippen MR) is 50.9 cm³/mol. The number of H-pyrrole nitrogens is 1. The van der Waals surface area contributed by atoms with E-state index in [1.807, 2.05) is 13.1 Å². The summed E-state index contributed by atoms with van der Waals surface area (Å²) in [7, 11) is 0. The molecule has 1 heterocycles. The molecular weight excluding hydrogens is 166 g/mol. The highest BCUT2D eigenvalue weighted by molar-refractivity contribution is 5.89. The number of nitrogens with one attached hydrogen (secondary N) is 1. The van der Waals surface area contributed by atoms with E-state index < -0.39 is 0 Å². The Bertz CT molecular complexity index is 302. The van der Waals surface area contributed by atoms with Gasteiger partial charge < -0.3 is 9.72 Å². The first-order chi connectivity index (χ1) is 6.20. The number of hydrogen-bond donors (Lipinski definition) is 1. The van der Waals surface area contributed by atoms with Crippen LogP contribution in [0, 0.1) is 6.92 Å². The lowest BCUT2D eigenvalue weighted by atomic mass is 10.1. The molecule has 72 valence electrons. The van der Waals surface area contributed by atoms with E-state index in [0.29, 0.717) is 12.3 Å². The van der Waals surface area contributed by atoms with Crippen molar-refractivity contribution in [2.45, 2.75) is 27.2 Å². The highest BCUT2D eigenvalue weighted by Gasteiger charge is 2.13. The summed E-state index contributed by atoms with van der Waals surface area (Å²) in [6.45, 7) is 6.21. The van der Waals surface area contributed by atoms with Gasteiger partial charge >= 0.3 is 5.97 Å². The number of aromatic nitrogens is 1. The molecular formula is C10H15NO2. The number of aryl methyl sites for hydroxylation is 1. The zero-order chi connectivity index (χ0) is 9.84. The predicted octanol–water partition coefficient (Wildman–Crippen LogP) is 2.06. The van der Waals surface area contributed by atoms with Gasteiger partial charge in [-0.3, -0.25) is 0 Å². The van der Waals surface area contributed by atoms with Gasteiger partial charge in [0.25, 0.3) is 0 Å². The monoisotopic (exact) mass is 181 g/mol. The van der Waals surface area contributed by atoms with Gasteiger partial charge in [0.15, 0.2) is 0 Å². The SMILES string of the molecule is CCOC(=O)c1[nH]cc(CC)c1C. The van der Waals surface area contributed by atoms with Gasteiger partial charge in [0.1, 0.15) is 5.69 Å². The van der Waals surface area contributed by atoms with Crippen LogP contribution in [0.5, 0.6) is 0 Å². The molecule has 0 atom stereocenters. The zero-order valence-electron chi connectivity index (χ0n) is 8.31. The van der Waals surface area contributed by atoms with Crippen molar-refractivity contribution in [1.82, 2.24) is 4.98 Å². The fourth-order valence-corrected chi connectivity index (χ4v) is 1.32. The Labute approximate surface area is 78.1 Å². The molecule has 0 bridgehead atoms. The number of hydrogen-bond acceptors (Lipinski definition) is 2. The summed E-state index contributed by atoms with van der Waals surface area (Å²) >= 11 is 0. The molecule has 0 saturated heterocycles. The van der Waals surface area contributed by atoms with Crippen molar-refractivity contribution >= 4 is 5.97 Å². The fraction of sp³-hybridized carbons (Fsp3) is 0.500. The van der Waals surface area contributed by atoms with Gasteiger partial charge in [0.2, 0.25) is 0 Å². The van der Waals surface area contributed by atoms with E-state index >= 15 is 0 Å². The van der Waals surface area contributed by atoms with E-state index in [1.165, 1.54) is 5.56 Å². The minimum absolute atomic E-state index is 0.264. The van der Waals surface area contributed by atoms with Gasteiger partial charge in [-0.1, -0.05) is 6.92 Å². The lowest BCUT2D eigenvalue weighted by Crippen LogP contribution is -2.06. The minimum Gasteiger partial charge on any atom is -0.461 e. The first-order valence-corrected chi connectivity index (χ1v) is 4.54. The van der Waals surface area contributed by atoms with Crippen molar-refractivity contribution in [1.29, 1.82) is 0 Å². The van der Waals surface area contributed by atoms with Crippen LogP contribution in [0.1, 0.15) is 35.5 Å². The molecule has 0 aliphatic rings. The summed E-state index contributed by atoms with van der Waals surface area (Å²) in [6, 6.07) is 0. The molecule has 0 amide bonds. The second kappa shape index (κ2) is 4.12. The van der Waals surface area contributed by atoms with Crippen LogP contribution in [0.15, 0.2) is 6.20 Å². The zero-order valence-corrected chi connectivity index (χ0v) is 8.31. The van der Waals surface area contributed by atoms with E-state index in [0.717, 1.165) is 12.0 Å².